The number of anilines is 1. The van der Waals surface area contributed by atoms with Crippen LogP contribution in [0.3, 0.4) is 0 Å². The summed E-state index contributed by atoms with van der Waals surface area (Å²) in [5.74, 6) is -0.108. The van der Waals surface area contributed by atoms with Crippen LogP contribution >= 0.6 is 0 Å². The Bertz CT molecular complexity index is 907. The molecule has 4 heteroatoms. The number of amides is 1. The maximum atomic E-state index is 12.5. The number of benzene rings is 2. The summed E-state index contributed by atoms with van der Waals surface area (Å²) in [5, 5.41) is 7.58. The maximum Gasteiger partial charge on any atom is 0.255 e. The monoisotopic (exact) mass is 333 g/mol. The largest absolute Gasteiger partial charge is 0.322 e. The number of nitrogens with one attached hydrogen (secondary N) is 1. The van der Waals surface area contributed by atoms with Crippen molar-refractivity contribution in [3.05, 3.63) is 76.6 Å². The number of carbonyl (C=O) groups excluding carboxylic acids is 1. The van der Waals surface area contributed by atoms with E-state index in [-0.39, 0.29) is 5.91 Å². The number of hydrogen-bond acceptors (Lipinski definition) is 2. The number of nitrogens with zero attached hydrogens (tertiary/aromatic N) is 2. The van der Waals surface area contributed by atoms with E-state index in [0.29, 0.717) is 5.56 Å². The second kappa shape index (κ2) is 6.93. The molecule has 0 fully saturated rings. The van der Waals surface area contributed by atoms with Gasteiger partial charge in [0.15, 0.2) is 0 Å². The second-order valence-corrected chi connectivity index (χ2v) is 6.23. The molecule has 3 rings (SSSR count). The van der Waals surface area contributed by atoms with Gasteiger partial charge in [-0.3, -0.25) is 4.79 Å². The normalized spacial score (nSPS) is 10.7. The minimum Gasteiger partial charge on any atom is -0.322 e. The minimum absolute atomic E-state index is 0.108. The van der Waals surface area contributed by atoms with Crippen LogP contribution in [0.4, 0.5) is 5.69 Å². The fraction of sp³-hybridized carbons (Fsp3) is 0.238. The minimum atomic E-state index is -0.108. The van der Waals surface area contributed by atoms with Gasteiger partial charge in [0, 0.05) is 16.9 Å². The fourth-order valence-electron chi connectivity index (χ4n) is 3.10. The number of hydrogen-bond donors (Lipinski definition) is 1. The van der Waals surface area contributed by atoms with E-state index in [1.165, 1.54) is 5.56 Å². The first-order valence-corrected chi connectivity index (χ1v) is 8.53. The van der Waals surface area contributed by atoms with Gasteiger partial charge in [-0.05, 0) is 68.7 Å². The van der Waals surface area contributed by atoms with Crippen molar-refractivity contribution in [3.63, 3.8) is 0 Å². The van der Waals surface area contributed by atoms with E-state index in [0.717, 1.165) is 34.7 Å². The van der Waals surface area contributed by atoms with Crippen molar-refractivity contribution in [1.82, 2.24) is 9.78 Å². The van der Waals surface area contributed by atoms with E-state index in [9.17, 15) is 4.79 Å². The molecule has 0 aliphatic rings. The molecule has 1 aromatic heterocycles. The van der Waals surface area contributed by atoms with Crippen LogP contribution in [-0.2, 0) is 6.42 Å². The molecule has 2 aromatic carbocycles. The van der Waals surface area contributed by atoms with Crippen molar-refractivity contribution in [2.24, 2.45) is 0 Å². The van der Waals surface area contributed by atoms with Crippen molar-refractivity contribution in [3.8, 4) is 5.69 Å². The van der Waals surface area contributed by atoms with Gasteiger partial charge in [-0.15, -0.1) is 0 Å². The summed E-state index contributed by atoms with van der Waals surface area (Å²) in [6.45, 7) is 8.23. The zero-order valence-electron chi connectivity index (χ0n) is 15.1. The van der Waals surface area contributed by atoms with E-state index < -0.39 is 0 Å². The van der Waals surface area contributed by atoms with Crippen molar-refractivity contribution >= 4 is 11.6 Å². The van der Waals surface area contributed by atoms with Crippen LogP contribution in [0.1, 0.15) is 39.8 Å². The molecule has 4 nitrogen and oxygen atoms in total. The van der Waals surface area contributed by atoms with Crippen molar-refractivity contribution in [2.45, 2.75) is 34.1 Å². The summed E-state index contributed by atoms with van der Waals surface area (Å²) >= 11 is 0. The molecule has 0 unspecified atom stereocenters. The van der Waals surface area contributed by atoms with Crippen LogP contribution in [0.25, 0.3) is 5.69 Å². The molecule has 0 bridgehead atoms. The standard InChI is InChI=1S/C21H23N3O/c1-5-19-15(3)23-24(16(19)4)18-12-10-17(11-13-18)21(25)22-20-9-7-6-8-14(20)2/h6-13H,5H2,1-4H3,(H,22,25). The maximum absolute atomic E-state index is 12.5. The molecule has 1 amide bonds. The Hall–Kier alpha value is -2.88. The average molecular weight is 333 g/mol. The Labute approximate surface area is 148 Å². The molecule has 0 spiro atoms. The van der Waals surface area contributed by atoms with Gasteiger partial charge in [0.25, 0.3) is 5.91 Å². The van der Waals surface area contributed by atoms with Gasteiger partial charge in [0.05, 0.1) is 11.4 Å². The van der Waals surface area contributed by atoms with Crippen LogP contribution in [0.15, 0.2) is 48.5 Å². The SMILES string of the molecule is CCc1c(C)nn(-c2ccc(C(=O)Nc3ccccc3C)cc2)c1C. The molecule has 0 saturated carbocycles. The highest BCUT2D eigenvalue weighted by Crippen LogP contribution is 2.19. The number of aromatic nitrogens is 2. The number of para-hydroxylation sites is 1. The summed E-state index contributed by atoms with van der Waals surface area (Å²) in [6.07, 6.45) is 0.967. The van der Waals surface area contributed by atoms with Gasteiger partial charge in [-0.1, -0.05) is 25.1 Å². The highest BCUT2D eigenvalue weighted by molar-refractivity contribution is 6.04. The van der Waals surface area contributed by atoms with Gasteiger partial charge in [0.1, 0.15) is 0 Å². The van der Waals surface area contributed by atoms with Gasteiger partial charge < -0.3 is 5.32 Å². The molecule has 0 aliphatic heterocycles. The van der Waals surface area contributed by atoms with Crippen molar-refractivity contribution < 1.29 is 4.79 Å². The number of aryl methyl sites for hydroxylation is 2. The highest BCUT2D eigenvalue weighted by Gasteiger charge is 2.12. The Morgan fingerprint density at radius 1 is 1.04 bits per heavy atom. The Kier molecular flexibility index (Phi) is 4.70. The Balaban J connectivity index is 1.83. The number of rotatable bonds is 4. The first kappa shape index (κ1) is 17.0. The fourth-order valence-corrected chi connectivity index (χ4v) is 3.10. The molecular formula is C21H23N3O. The zero-order valence-corrected chi connectivity index (χ0v) is 15.1. The topological polar surface area (TPSA) is 46.9 Å². The highest BCUT2D eigenvalue weighted by atomic mass is 16.1. The van der Waals surface area contributed by atoms with Crippen LogP contribution < -0.4 is 5.32 Å². The molecule has 0 radical (unpaired) electrons. The van der Waals surface area contributed by atoms with Gasteiger partial charge in [-0.25, -0.2) is 4.68 Å². The Morgan fingerprint density at radius 3 is 2.32 bits per heavy atom. The van der Waals surface area contributed by atoms with Gasteiger partial charge in [-0.2, -0.15) is 5.10 Å². The van der Waals surface area contributed by atoms with Gasteiger partial charge >= 0.3 is 0 Å². The molecule has 0 atom stereocenters. The Morgan fingerprint density at radius 2 is 1.72 bits per heavy atom. The van der Waals surface area contributed by atoms with Crippen LogP contribution in [0.2, 0.25) is 0 Å². The summed E-state index contributed by atoms with van der Waals surface area (Å²) in [7, 11) is 0. The molecule has 3 aromatic rings. The van der Waals surface area contributed by atoms with E-state index in [4.69, 9.17) is 0 Å². The van der Waals surface area contributed by atoms with E-state index in [1.54, 1.807) is 0 Å². The third-order valence-corrected chi connectivity index (χ3v) is 4.56. The zero-order chi connectivity index (χ0) is 18.0. The molecule has 1 heterocycles. The van der Waals surface area contributed by atoms with Crippen LogP contribution in [0, 0.1) is 20.8 Å². The first-order valence-electron chi connectivity index (χ1n) is 8.53. The third kappa shape index (κ3) is 3.33. The molecule has 0 aliphatic carbocycles. The van der Waals surface area contributed by atoms with Gasteiger partial charge in [0.2, 0.25) is 0 Å². The lowest BCUT2D eigenvalue weighted by molar-refractivity contribution is 0.102. The molecule has 1 N–H and O–H groups in total. The molecular weight excluding hydrogens is 310 g/mol. The summed E-state index contributed by atoms with van der Waals surface area (Å²) < 4.78 is 1.94. The van der Waals surface area contributed by atoms with E-state index in [1.807, 2.05) is 67.1 Å². The lowest BCUT2D eigenvalue weighted by Crippen LogP contribution is -2.12. The predicted molar refractivity (Wildman–Crippen MR) is 102 cm³/mol. The average Bonchev–Trinajstić information content (AvgIpc) is 2.91. The van der Waals surface area contributed by atoms with Crippen LogP contribution in [-0.4, -0.2) is 15.7 Å². The van der Waals surface area contributed by atoms with Crippen molar-refractivity contribution in [2.75, 3.05) is 5.32 Å². The molecule has 25 heavy (non-hydrogen) atoms. The summed E-state index contributed by atoms with van der Waals surface area (Å²) in [4.78, 5) is 12.5. The lowest BCUT2D eigenvalue weighted by Gasteiger charge is -2.09. The van der Waals surface area contributed by atoms with E-state index in [2.05, 4.69) is 24.3 Å². The van der Waals surface area contributed by atoms with Crippen molar-refractivity contribution in [1.29, 1.82) is 0 Å². The van der Waals surface area contributed by atoms with Crippen LogP contribution in [0.5, 0.6) is 0 Å². The summed E-state index contributed by atoms with van der Waals surface area (Å²) in [6, 6.07) is 15.3. The summed E-state index contributed by atoms with van der Waals surface area (Å²) in [5.41, 5.74) is 6.96. The lowest BCUT2D eigenvalue weighted by atomic mass is 10.1. The quantitative estimate of drug-likeness (QED) is 0.758. The smallest absolute Gasteiger partial charge is 0.255 e. The first-order chi connectivity index (χ1) is 12.0. The number of carbonyl (C=O) groups is 1. The second-order valence-electron chi connectivity index (χ2n) is 6.23. The molecule has 128 valence electrons. The third-order valence-electron chi connectivity index (χ3n) is 4.56. The molecule has 0 saturated heterocycles. The van der Waals surface area contributed by atoms with E-state index >= 15 is 0 Å². The predicted octanol–water partition coefficient (Wildman–Crippen LogP) is 4.61.